The highest BCUT2D eigenvalue weighted by Gasteiger charge is 2.11. The Kier molecular flexibility index (Phi) is 3.29. The van der Waals surface area contributed by atoms with Gasteiger partial charge in [0.1, 0.15) is 11.6 Å². The van der Waals surface area contributed by atoms with E-state index in [1.807, 2.05) is 18.3 Å². The summed E-state index contributed by atoms with van der Waals surface area (Å²) in [5.74, 6) is 1.88. The zero-order valence-electron chi connectivity index (χ0n) is 8.82. The van der Waals surface area contributed by atoms with Crippen LogP contribution in [0.15, 0.2) is 24.9 Å². The van der Waals surface area contributed by atoms with E-state index in [0.29, 0.717) is 0 Å². The molecule has 4 heteroatoms. The number of piperazine rings is 1. The molecule has 0 amide bonds. The van der Waals surface area contributed by atoms with Gasteiger partial charge in [-0.25, -0.2) is 9.97 Å². The smallest absolute Gasteiger partial charge is 0.134 e. The van der Waals surface area contributed by atoms with E-state index in [-0.39, 0.29) is 0 Å². The van der Waals surface area contributed by atoms with Gasteiger partial charge in [-0.1, -0.05) is 6.08 Å². The van der Waals surface area contributed by atoms with Crippen LogP contribution in [0, 0.1) is 0 Å². The van der Waals surface area contributed by atoms with Crippen molar-refractivity contribution in [1.29, 1.82) is 0 Å². The monoisotopic (exact) mass is 204 g/mol. The molecule has 2 heterocycles. The molecular weight excluding hydrogens is 188 g/mol. The van der Waals surface area contributed by atoms with Crippen molar-refractivity contribution in [3.05, 3.63) is 30.7 Å². The molecule has 2 rings (SSSR count). The fourth-order valence-corrected chi connectivity index (χ4v) is 1.69. The van der Waals surface area contributed by atoms with Gasteiger partial charge in [0.2, 0.25) is 0 Å². The van der Waals surface area contributed by atoms with Gasteiger partial charge in [-0.2, -0.15) is 0 Å². The van der Waals surface area contributed by atoms with E-state index < -0.39 is 0 Å². The molecule has 4 nitrogen and oxygen atoms in total. The first-order valence-electron chi connectivity index (χ1n) is 5.28. The van der Waals surface area contributed by atoms with Crippen LogP contribution in [0.2, 0.25) is 0 Å². The molecule has 0 atom stereocenters. The molecule has 0 saturated carbocycles. The standard InChI is InChI=1S/C11H16N4/c1-2-3-10-13-5-4-11(14-10)15-8-6-12-7-9-15/h2,4-5,12H,1,3,6-9H2. The molecule has 0 bridgehead atoms. The van der Waals surface area contributed by atoms with Crippen molar-refractivity contribution < 1.29 is 0 Å². The number of aromatic nitrogens is 2. The Morgan fingerprint density at radius 1 is 1.47 bits per heavy atom. The van der Waals surface area contributed by atoms with E-state index >= 15 is 0 Å². The van der Waals surface area contributed by atoms with E-state index in [0.717, 1.165) is 44.2 Å². The summed E-state index contributed by atoms with van der Waals surface area (Å²) in [5.41, 5.74) is 0. The molecule has 1 fully saturated rings. The summed E-state index contributed by atoms with van der Waals surface area (Å²) in [6.45, 7) is 7.79. The zero-order chi connectivity index (χ0) is 10.5. The summed E-state index contributed by atoms with van der Waals surface area (Å²) in [7, 11) is 0. The summed E-state index contributed by atoms with van der Waals surface area (Å²) in [6.07, 6.45) is 4.39. The topological polar surface area (TPSA) is 41.1 Å². The first-order chi connectivity index (χ1) is 7.40. The molecule has 0 radical (unpaired) electrons. The fraction of sp³-hybridized carbons (Fsp3) is 0.455. The van der Waals surface area contributed by atoms with Gasteiger partial charge < -0.3 is 10.2 Å². The van der Waals surface area contributed by atoms with E-state index in [4.69, 9.17) is 0 Å². The Hall–Kier alpha value is -1.42. The number of rotatable bonds is 3. The van der Waals surface area contributed by atoms with Crippen molar-refractivity contribution in [2.75, 3.05) is 31.1 Å². The highest BCUT2D eigenvalue weighted by molar-refractivity contribution is 5.38. The quantitative estimate of drug-likeness (QED) is 0.733. The van der Waals surface area contributed by atoms with E-state index in [2.05, 4.69) is 26.8 Å². The maximum absolute atomic E-state index is 4.50. The maximum Gasteiger partial charge on any atom is 0.134 e. The highest BCUT2D eigenvalue weighted by Crippen LogP contribution is 2.10. The lowest BCUT2D eigenvalue weighted by Crippen LogP contribution is -2.44. The van der Waals surface area contributed by atoms with Crippen molar-refractivity contribution >= 4 is 5.82 Å². The first-order valence-corrected chi connectivity index (χ1v) is 5.28. The number of nitrogens with zero attached hydrogens (tertiary/aromatic N) is 3. The van der Waals surface area contributed by atoms with Crippen molar-refractivity contribution in [3.8, 4) is 0 Å². The van der Waals surface area contributed by atoms with Crippen molar-refractivity contribution in [2.45, 2.75) is 6.42 Å². The molecule has 1 aliphatic heterocycles. The minimum absolute atomic E-state index is 0.736. The second kappa shape index (κ2) is 4.89. The summed E-state index contributed by atoms with van der Waals surface area (Å²) in [6, 6.07) is 1.97. The third-order valence-corrected chi connectivity index (χ3v) is 2.46. The Bertz CT molecular complexity index is 331. The van der Waals surface area contributed by atoms with Crippen LogP contribution in [-0.2, 0) is 6.42 Å². The maximum atomic E-state index is 4.50. The summed E-state index contributed by atoms with van der Waals surface area (Å²) in [4.78, 5) is 11.0. The molecule has 0 spiro atoms. The molecule has 0 aromatic carbocycles. The Morgan fingerprint density at radius 2 is 2.27 bits per heavy atom. The fourth-order valence-electron chi connectivity index (χ4n) is 1.69. The molecular formula is C11H16N4. The number of allylic oxidation sites excluding steroid dienone is 1. The molecule has 0 unspecified atom stereocenters. The van der Waals surface area contributed by atoms with Crippen LogP contribution in [0.1, 0.15) is 5.82 Å². The summed E-state index contributed by atoms with van der Waals surface area (Å²) in [5, 5.41) is 3.32. The zero-order valence-corrected chi connectivity index (χ0v) is 8.82. The van der Waals surface area contributed by atoms with Crippen LogP contribution >= 0.6 is 0 Å². The molecule has 1 aliphatic rings. The number of anilines is 1. The third kappa shape index (κ3) is 2.53. The van der Waals surface area contributed by atoms with Gasteiger partial charge >= 0.3 is 0 Å². The summed E-state index contributed by atoms with van der Waals surface area (Å²) < 4.78 is 0. The van der Waals surface area contributed by atoms with Crippen LogP contribution in [0.4, 0.5) is 5.82 Å². The first kappa shape index (κ1) is 10.1. The van der Waals surface area contributed by atoms with Crippen LogP contribution in [0.5, 0.6) is 0 Å². The normalized spacial score (nSPS) is 16.4. The Balaban J connectivity index is 2.12. The molecule has 1 aromatic rings. The minimum Gasteiger partial charge on any atom is -0.354 e. The molecule has 0 aliphatic carbocycles. The largest absolute Gasteiger partial charge is 0.354 e. The Morgan fingerprint density at radius 3 is 3.00 bits per heavy atom. The number of hydrogen-bond donors (Lipinski definition) is 1. The molecule has 1 aromatic heterocycles. The lowest BCUT2D eigenvalue weighted by atomic mass is 10.3. The number of nitrogens with one attached hydrogen (secondary N) is 1. The SMILES string of the molecule is C=CCc1nccc(N2CCNCC2)n1. The lowest BCUT2D eigenvalue weighted by Gasteiger charge is -2.28. The molecule has 80 valence electrons. The predicted molar refractivity (Wildman–Crippen MR) is 61.0 cm³/mol. The second-order valence-corrected chi connectivity index (χ2v) is 3.56. The van der Waals surface area contributed by atoms with Crippen LogP contribution in [0.3, 0.4) is 0 Å². The van der Waals surface area contributed by atoms with Crippen molar-refractivity contribution in [2.24, 2.45) is 0 Å². The molecule has 15 heavy (non-hydrogen) atoms. The second-order valence-electron chi connectivity index (χ2n) is 3.56. The predicted octanol–water partition coefficient (Wildman–Crippen LogP) is 0.615. The summed E-state index contributed by atoms with van der Waals surface area (Å²) >= 11 is 0. The van der Waals surface area contributed by atoms with Crippen molar-refractivity contribution in [3.63, 3.8) is 0 Å². The lowest BCUT2D eigenvalue weighted by molar-refractivity contribution is 0.583. The molecule has 1 N–H and O–H groups in total. The van der Waals surface area contributed by atoms with Gasteiger partial charge in [0.25, 0.3) is 0 Å². The van der Waals surface area contributed by atoms with Crippen LogP contribution < -0.4 is 10.2 Å². The van der Waals surface area contributed by atoms with Gasteiger partial charge in [0.05, 0.1) is 0 Å². The van der Waals surface area contributed by atoms with Gasteiger partial charge in [0.15, 0.2) is 0 Å². The van der Waals surface area contributed by atoms with E-state index in [1.165, 1.54) is 0 Å². The van der Waals surface area contributed by atoms with Gasteiger partial charge in [-0.3, -0.25) is 0 Å². The van der Waals surface area contributed by atoms with E-state index in [1.54, 1.807) is 0 Å². The Labute approximate surface area is 90.0 Å². The van der Waals surface area contributed by atoms with Crippen molar-refractivity contribution in [1.82, 2.24) is 15.3 Å². The van der Waals surface area contributed by atoms with Gasteiger partial charge in [0, 0.05) is 38.8 Å². The minimum atomic E-state index is 0.736. The van der Waals surface area contributed by atoms with Gasteiger partial charge in [-0.15, -0.1) is 6.58 Å². The number of hydrogen-bond acceptors (Lipinski definition) is 4. The average Bonchev–Trinajstić information content (AvgIpc) is 2.31. The van der Waals surface area contributed by atoms with Gasteiger partial charge in [-0.05, 0) is 6.07 Å². The van der Waals surface area contributed by atoms with Crippen LogP contribution in [-0.4, -0.2) is 36.1 Å². The molecule has 1 saturated heterocycles. The van der Waals surface area contributed by atoms with E-state index in [9.17, 15) is 0 Å². The average molecular weight is 204 g/mol. The highest BCUT2D eigenvalue weighted by atomic mass is 15.2. The third-order valence-electron chi connectivity index (χ3n) is 2.46. The van der Waals surface area contributed by atoms with Crippen LogP contribution in [0.25, 0.3) is 0 Å².